The van der Waals surface area contributed by atoms with Crippen molar-refractivity contribution in [3.8, 4) is 0 Å². The van der Waals surface area contributed by atoms with E-state index in [0.717, 1.165) is 38.8 Å². The minimum absolute atomic E-state index is 0.0881. The molecule has 134 valence electrons. The number of piperidine rings is 1. The molecule has 1 N–H and O–H groups in total. The van der Waals surface area contributed by atoms with E-state index in [1.807, 2.05) is 29.1 Å². The molecule has 2 aromatic rings. The molecule has 1 aliphatic rings. The molecule has 4 nitrogen and oxygen atoms in total. The summed E-state index contributed by atoms with van der Waals surface area (Å²) in [6.45, 7) is 6.25. The van der Waals surface area contributed by atoms with E-state index in [4.69, 9.17) is 0 Å². The summed E-state index contributed by atoms with van der Waals surface area (Å²) in [5.41, 5.74) is 2.59. The van der Waals surface area contributed by atoms with E-state index in [0.29, 0.717) is 0 Å². The highest BCUT2D eigenvalue weighted by molar-refractivity contribution is 5.80. The van der Waals surface area contributed by atoms with Gasteiger partial charge in [-0.3, -0.25) is 4.79 Å². The molecule has 1 aromatic carbocycles. The lowest BCUT2D eigenvalue weighted by Gasteiger charge is -2.34. The summed E-state index contributed by atoms with van der Waals surface area (Å²) in [5.74, 6) is 0.159. The first kappa shape index (κ1) is 17.6. The fourth-order valence-electron chi connectivity index (χ4n) is 3.65. The first-order valence-electron chi connectivity index (χ1n) is 9.42. The van der Waals surface area contributed by atoms with E-state index in [-0.39, 0.29) is 18.0 Å². The summed E-state index contributed by atoms with van der Waals surface area (Å²) in [5, 5.41) is 3.29. The maximum absolute atomic E-state index is 12.8. The minimum atomic E-state index is -0.0881. The van der Waals surface area contributed by atoms with Crippen LogP contribution in [0.4, 0.5) is 5.69 Å². The van der Waals surface area contributed by atoms with Crippen LogP contribution in [0.25, 0.3) is 0 Å². The molecule has 0 aliphatic carbocycles. The van der Waals surface area contributed by atoms with Crippen molar-refractivity contribution in [2.24, 2.45) is 0 Å². The average Bonchev–Trinajstić information content (AvgIpc) is 3.14. The normalized spacial score (nSPS) is 16.6. The van der Waals surface area contributed by atoms with Crippen molar-refractivity contribution in [3.05, 3.63) is 54.4 Å². The van der Waals surface area contributed by atoms with Gasteiger partial charge in [-0.05, 0) is 56.0 Å². The molecule has 4 heteroatoms. The lowest BCUT2D eigenvalue weighted by Crippen LogP contribution is -2.46. The molecule has 3 rings (SSSR count). The van der Waals surface area contributed by atoms with E-state index >= 15 is 0 Å². The number of carbonyl (C=O) groups is 1. The predicted octanol–water partition coefficient (Wildman–Crippen LogP) is 3.92. The van der Waals surface area contributed by atoms with Crippen molar-refractivity contribution in [2.75, 3.05) is 18.0 Å². The minimum Gasteiger partial charge on any atom is -0.371 e. The Morgan fingerprint density at radius 2 is 1.92 bits per heavy atom. The summed E-state index contributed by atoms with van der Waals surface area (Å²) in [4.78, 5) is 15.2. The van der Waals surface area contributed by atoms with Gasteiger partial charge in [-0.15, -0.1) is 0 Å². The van der Waals surface area contributed by atoms with Crippen molar-refractivity contribution in [3.63, 3.8) is 0 Å². The van der Waals surface area contributed by atoms with Crippen molar-refractivity contribution >= 4 is 11.6 Å². The Morgan fingerprint density at radius 1 is 1.20 bits per heavy atom. The third kappa shape index (κ3) is 4.44. The summed E-state index contributed by atoms with van der Waals surface area (Å²) >= 11 is 0. The molecule has 1 amide bonds. The van der Waals surface area contributed by atoms with Gasteiger partial charge >= 0.3 is 0 Å². The summed E-state index contributed by atoms with van der Waals surface area (Å²) in [6, 6.07) is 12.8. The fourth-order valence-corrected chi connectivity index (χ4v) is 3.65. The van der Waals surface area contributed by atoms with Gasteiger partial charge in [-0.25, -0.2) is 0 Å². The molecule has 1 unspecified atom stereocenters. The van der Waals surface area contributed by atoms with Gasteiger partial charge < -0.3 is 14.8 Å². The summed E-state index contributed by atoms with van der Waals surface area (Å²) < 4.78 is 2.03. The zero-order valence-electron chi connectivity index (χ0n) is 15.3. The van der Waals surface area contributed by atoms with E-state index in [2.05, 4.69) is 48.3 Å². The van der Waals surface area contributed by atoms with Crippen LogP contribution in [0.5, 0.6) is 0 Å². The maximum atomic E-state index is 12.8. The molecule has 0 radical (unpaired) electrons. The standard InChI is InChI=1S/C21H29N3O/c1-3-7-20(24-12-4-5-13-24)21(25)22-18-10-14-23(15-11-18)19-9-6-8-17(2)16-19/h4-6,8-9,12-13,16,18,20H,3,7,10-11,14-15H2,1-2H3,(H,22,25). The Kier molecular flexibility index (Phi) is 5.79. The molecule has 1 aromatic heterocycles. The van der Waals surface area contributed by atoms with Crippen LogP contribution in [-0.2, 0) is 4.79 Å². The fraction of sp³-hybridized carbons (Fsp3) is 0.476. The molecule has 1 aliphatic heterocycles. The van der Waals surface area contributed by atoms with Crippen LogP contribution in [0.3, 0.4) is 0 Å². The molecule has 2 heterocycles. The van der Waals surface area contributed by atoms with Crippen LogP contribution in [0.1, 0.15) is 44.2 Å². The number of aryl methyl sites for hydroxylation is 1. The zero-order chi connectivity index (χ0) is 17.6. The Hall–Kier alpha value is -2.23. The highest BCUT2D eigenvalue weighted by Gasteiger charge is 2.25. The van der Waals surface area contributed by atoms with Crippen molar-refractivity contribution in [1.29, 1.82) is 0 Å². The monoisotopic (exact) mass is 339 g/mol. The lowest BCUT2D eigenvalue weighted by atomic mass is 10.0. The van der Waals surface area contributed by atoms with Crippen LogP contribution >= 0.6 is 0 Å². The quantitative estimate of drug-likeness (QED) is 0.866. The van der Waals surface area contributed by atoms with Gasteiger partial charge in [0.2, 0.25) is 5.91 Å². The third-order valence-electron chi connectivity index (χ3n) is 5.06. The van der Waals surface area contributed by atoms with Crippen LogP contribution in [0, 0.1) is 6.92 Å². The van der Waals surface area contributed by atoms with Gasteiger partial charge in [-0.2, -0.15) is 0 Å². The highest BCUT2D eigenvalue weighted by atomic mass is 16.2. The number of anilines is 1. The Bertz CT molecular complexity index is 672. The Labute approximate surface area is 150 Å². The van der Waals surface area contributed by atoms with Crippen LogP contribution in [0.2, 0.25) is 0 Å². The van der Waals surface area contributed by atoms with Gasteiger partial charge in [0.15, 0.2) is 0 Å². The van der Waals surface area contributed by atoms with Crippen molar-refractivity contribution < 1.29 is 4.79 Å². The Morgan fingerprint density at radius 3 is 2.56 bits per heavy atom. The van der Waals surface area contributed by atoms with Gasteiger partial charge in [0, 0.05) is 37.2 Å². The number of hydrogen-bond acceptors (Lipinski definition) is 2. The second kappa shape index (κ2) is 8.24. The summed E-state index contributed by atoms with van der Waals surface area (Å²) in [7, 11) is 0. The van der Waals surface area contributed by atoms with Crippen LogP contribution in [0.15, 0.2) is 48.8 Å². The molecule has 0 saturated carbocycles. The lowest BCUT2D eigenvalue weighted by molar-refractivity contribution is -0.125. The first-order chi connectivity index (χ1) is 12.2. The van der Waals surface area contributed by atoms with Crippen molar-refractivity contribution in [1.82, 2.24) is 9.88 Å². The average molecular weight is 339 g/mol. The summed E-state index contributed by atoms with van der Waals surface area (Å²) in [6.07, 6.45) is 7.86. The van der Waals surface area contributed by atoms with Gasteiger partial charge in [0.05, 0.1) is 0 Å². The number of hydrogen-bond donors (Lipinski definition) is 1. The topological polar surface area (TPSA) is 37.3 Å². The smallest absolute Gasteiger partial charge is 0.243 e. The number of rotatable bonds is 6. The molecule has 1 saturated heterocycles. The second-order valence-electron chi connectivity index (χ2n) is 7.04. The molecule has 1 atom stereocenters. The van der Waals surface area contributed by atoms with E-state index in [1.165, 1.54) is 11.3 Å². The number of carbonyl (C=O) groups excluding carboxylic acids is 1. The van der Waals surface area contributed by atoms with E-state index in [1.54, 1.807) is 0 Å². The number of benzene rings is 1. The molecular weight excluding hydrogens is 310 g/mol. The van der Waals surface area contributed by atoms with Crippen molar-refractivity contribution in [2.45, 2.75) is 51.6 Å². The number of aromatic nitrogens is 1. The largest absolute Gasteiger partial charge is 0.371 e. The third-order valence-corrected chi connectivity index (χ3v) is 5.06. The molecule has 0 spiro atoms. The first-order valence-corrected chi connectivity index (χ1v) is 9.42. The van der Waals surface area contributed by atoms with E-state index in [9.17, 15) is 4.79 Å². The van der Waals surface area contributed by atoms with Crippen LogP contribution in [-0.4, -0.2) is 29.6 Å². The Balaban J connectivity index is 1.55. The predicted molar refractivity (Wildman–Crippen MR) is 103 cm³/mol. The van der Waals surface area contributed by atoms with Crippen LogP contribution < -0.4 is 10.2 Å². The van der Waals surface area contributed by atoms with Gasteiger partial charge in [0.1, 0.15) is 6.04 Å². The number of nitrogens with zero attached hydrogens (tertiary/aromatic N) is 2. The van der Waals surface area contributed by atoms with Gasteiger partial charge in [0.25, 0.3) is 0 Å². The molecule has 25 heavy (non-hydrogen) atoms. The SMILES string of the molecule is CCCC(C(=O)NC1CCN(c2cccc(C)c2)CC1)n1cccc1. The molecular formula is C21H29N3O. The number of nitrogens with one attached hydrogen (secondary N) is 1. The maximum Gasteiger partial charge on any atom is 0.243 e. The molecule has 0 bridgehead atoms. The second-order valence-corrected chi connectivity index (χ2v) is 7.04. The zero-order valence-corrected chi connectivity index (χ0v) is 15.3. The highest BCUT2D eigenvalue weighted by Crippen LogP contribution is 2.22. The number of amides is 1. The molecule has 1 fully saturated rings. The van der Waals surface area contributed by atoms with E-state index < -0.39 is 0 Å². The van der Waals surface area contributed by atoms with Gasteiger partial charge in [-0.1, -0.05) is 25.5 Å².